The highest BCUT2D eigenvalue weighted by atomic mass is 19.1. The number of ether oxygens (including phenoxy) is 1. The lowest BCUT2D eigenvalue weighted by molar-refractivity contribution is 0.211. The number of nitrogens with one attached hydrogen (secondary N) is 2. The van der Waals surface area contributed by atoms with Crippen molar-refractivity contribution in [2.24, 2.45) is 0 Å². The van der Waals surface area contributed by atoms with E-state index >= 15 is 0 Å². The normalized spacial score (nSPS) is 20.2. The van der Waals surface area contributed by atoms with Crippen LogP contribution in [0.15, 0.2) is 37.3 Å². The molecule has 0 radical (unpaired) electrons. The van der Waals surface area contributed by atoms with Crippen molar-refractivity contribution in [2.75, 3.05) is 11.9 Å². The first kappa shape index (κ1) is 16.3. The van der Waals surface area contributed by atoms with Gasteiger partial charge in [-0.05, 0) is 26.0 Å². The molecule has 26 heavy (non-hydrogen) atoms. The molecule has 0 saturated heterocycles. The lowest BCUT2D eigenvalue weighted by Gasteiger charge is -2.21. The summed E-state index contributed by atoms with van der Waals surface area (Å²) in [6.07, 6.45) is 4.50. The van der Waals surface area contributed by atoms with E-state index in [1.54, 1.807) is 10.7 Å². The highest BCUT2D eigenvalue weighted by Crippen LogP contribution is 2.28. The molecule has 3 aromatic heterocycles. The number of hydrogen-bond acceptors (Lipinski definition) is 6. The molecule has 0 aromatic carbocycles. The van der Waals surface area contributed by atoms with Crippen LogP contribution in [-0.2, 0) is 0 Å². The van der Waals surface area contributed by atoms with Crippen molar-refractivity contribution in [3.05, 3.63) is 54.2 Å². The summed E-state index contributed by atoms with van der Waals surface area (Å²) in [5, 5.41) is 10.8. The Bertz CT molecular complexity index is 985. The van der Waals surface area contributed by atoms with Crippen molar-refractivity contribution in [1.82, 2.24) is 24.9 Å². The molecule has 0 unspecified atom stereocenters. The van der Waals surface area contributed by atoms with Gasteiger partial charge in [-0.15, -0.1) is 0 Å². The predicted octanol–water partition coefficient (Wildman–Crippen LogP) is 2.78. The Morgan fingerprint density at radius 3 is 3.04 bits per heavy atom. The van der Waals surface area contributed by atoms with E-state index in [9.17, 15) is 4.39 Å². The van der Waals surface area contributed by atoms with Gasteiger partial charge in [0.25, 0.3) is 0 Å². The number of halogens is 1. The monoisotopic (exact) mass is 354 g/mol. The average molecular weight is 354 g/mol. The topological polar surface area (TPSA) is 76.4 Å². The predicted molar refractivity (Wildman–Crippen MR) is 96.3 cm³/mol. The Balaban J connectivity index is 1.82. The smallest absolute Gasteiger partial charge is 0.219 e. The maximum atomic E-state index is 13.8. The molecule has 0 aliphatic carbocycles. The molecule has 8 heteroatoms. The van der Waals surface area contributed by atoms with Gasteiger partial charge in [0.15, 0.2) is 5.65 Å². The third kappa shape index (κ3) is 2.94. The van der Waals surface area contributed by atoms with Gasteiger partial charge in [-0.2, -0.15) is 5.10 Å². The maximum absolute atomic E-state index is 13.8. The second kappa shape index (κ2) is 6.29. The number of anilines is 1. The first-order valence-corrected chi connectivity index (χ1v) is 8.37. The van der Waals surface area contributed by atoms with Gasteiger partial charge in [0.2, 0.25) is 5.88 Å². The number of fused-ring (bicyclic) bond motifs is 2. The fourth-order valence-corrected chi connectivity index (χ4v) is 2.91. The van der Waals surface area contributed by atoms with Crippen LogP contribution in [0.1, 0.15) is 31.0 Å². The zero-order chi connectivity index (χ0) is 18.3. The first-order chi connectivity index (χ1) is 12.5. The minimum Gasteiger partial charge on any atom is -0.473 e. The van der Waals surface area contributed by atoms with E-state index in [0.717, 1.165) is 11.8 Å². The maximum Gasteiger partial charge on any atom is 0.219 e. The standard InChI is InChI=1S/C18H19FN6O/c1-10-7-20-11(2)15-9-22-25-5-4-16(24-17(15)25)23-12(3)14-6-13(19)8-21-18(14)26-10/h4-6,8-10,12,20H,2,7H2,1,3H3,(H,23,24)/t10-,12-/m0/s1. The van der Waals surface area contributed by atoms with Crippen molar-refractivity contribution in [1.29, 1.82) is 0 Å². The number of aromatic nitrogens is 4. The molecule has 0 fully saturated rings. The van der Waals surface area contributed by atoms with Crippen LogP contribution in [0, 0.1) is 5.82 Å². The summed E-state index contributed by atoms with van der Waals surface area (Å²) < 4.78 is 21.4. The molecule has 0 saturated carbocycles. The molecule has 3 aromatic rings. The molecule has 0 amide bonds. The van der Waals surface area contributed by atoms with Crippen LogP contribution in [0.3, 0.4) is 0 Å². The van der Waals surface area contributed by atoms with Gasteiger partial charge in [0.1, 0.15) is 17.7 Å². The van der Waals surface area contributed by atoms with Gasteiger partial charge < -0.3 is 15.4 Å². The minimum absolute atomic E-state index is 0.196. The van der Waals surface area contributed by atoms with Crippen LogP contribution in [0.5, 0.6) is 5.88 Å². The highest BCUT2D eigenvalue weighted by molar-refractivity contribution is 5.73. The van der Waals surface area contributed by atoms with Gasteiger partial charge >= 0.3 is 0 Å². The lowest BCUT2D eigenvalue weighted by atomic mass is 10.1. The minimum atomic E-state index is -0.411. The van der Waals surface area contributed by atoms with Gasteiger partial charge in [0.05, 0.1) is 30.5 Å². The van der Waals surface area contributed by atoms with Gasteiger partial charge in [-0.3, -0.25) is 0 Å². The third-order valence-corrected chi connectivity index (χ3v) is 4.29. The fraction of sp³-hybridized carbons (Fsp3) is 0.278. The Kier molecular flexibility index (Phi) is 3.95. The summed E-state index contributed by atoms with van der Waals surface area (Å²) in [6, 6.07) is 2.99. The van der Waals surface area contributed by atoms with E-state index in [1.807, 2.05) is 26.1 Å². The molecule has 4 rings (SSSR count). The Morgan fingerprint density at radius 2 is 2.19 bits per heavy atom. The van der Waals surface area contributed by atoms with Gasteiger partial charge in [-0.25, -0.2) is 18.9 Å². The highest BCUT2D eigenvalue weighted by Gasteiger charge is 2.19. The molecule has 0 spiro atoms. The summed E-state index contributed by atoms with van der Waals surface area (Å²) in [7, 11) is 0. The lowest BCUT2D eigenvalue weighted by Crippen LogP contribution is -2.28. The van der Waals surface area contributed by atoms with E-state index in [-0.39, 0.29) is 12.1 Å². The second-order valence-electron chi connectivity index (χ2n) is 6.34. The van der Waals surface area contributed by atoms with Crippen LogP contribution < -0.4 is 15.4 Å². The van der Waals surface area contributed by atoms with Crippen LogP contribution >= 0.6 is 0 Å². The summed E-state index contributed by atoms with van der Waals surface area (Å²) in [6.45, 7) is 8.41. The third-order valence-electron chi connectivity index (χ3n) is 4.29. The van der Waals surface area contributed by atoms with Gasteiger partial charge in [0, 0.05) is 17.5 Å². The van der Waals surface area contributed by atoms with Crippen molar-refractivity contribution < 1.29 is 9.13 Å². The molecule has 7 nitrogen and oxygen atoms in total. The molecule has 134 valence electrons. The SMILES string of the molecule is C=C1NC[C@H](C)Oc2ncc(F)cc2[C@H](C)Nc2ccn3ncc1c3n2. The summed E-state index contributed by atoms with van der Waals surface area (Å²) in [5.41, 5.74) is 2.84. The Labute approximate surface area is 149 Å². The fourth-order valence-electron chi connectivity index (χ4n) is 2.91. The van der Waals surface area contributed by atoms with Crippen LogP contribution in [0.2, 0.25) is 0 Å². The molecule has 2 atom stereocenters. The molecule has 4 heterocycles. The molecule has 1 aliphatic heterocycles. The van der Waals surface area contributed by atoms with E-state index < -0.39 is 5.82 Å². The molecule has 2 N–H and O–H groups in total. The van der Waals surface area contributed by atoms with Gasteiger partial charge in [-0.1, -0.05) is 6.58 Å². The zero-order valence-electron chi connectivity index (χ0n) is 14.5. The summed E-state index contributed by atoms with van der Waals surface area (Å²) >= 11 is 0. The molecular formula is C18H19FN6O. The van der Waals surface area contributed by atoms with Crippen LogP contribution in [-0.4, -0.2) is 32.2 Å². The molecule has 2 bridgehead atoms. The molecule has 1 aliphatic rings. The average Bonchev–Trinajstić information content (AvgIpc) is 3.03. The van der Waals surface area contributed by atoms with Crippen molar-refractivity contribution in [2.45, 2.75) is 26.0 Å². The van der Waals surface area contributed by atoms with Crippen molar-refractivity contribution in [3.8, 4) is 5.88 Å². The van der Waals surface area contributed by atoms with E-state index in [4.69, 9.17) is 4.74 Å². The number of hydrogen-bond donors (Lipinski definition) is 2. The largest absolute Gasteiger partial charge is 0.473 e. The van der Waals surface area contributed by atoms with E-state index in [0.29, 0.717) is 35.2 Å². The zero-order valence-corrected chi connectivity index (χ0v) is 14.5. The number of nitrogens with zero attached hydrogens (tertiary/aromatic N) is 4. The van der Waals surface area contributed by atoms with Crippen molar-refractivity contribution >= 4 is 17.2 Å². The first-order valence-electron chi connectivity index (χ1n) is 8.37. The summed E-state index contributed by atoms with van der Waals surface area (Å²) in [5.74, 6) is 0.627. The van der Waals surface area contributed by atoms with Crippen LogP contribution in [0.25, 0.3) is 11.3 Å². The number of pyridine rings is 1. The summed E-state index contributed by atoms with van der Waals surface area (Å²) in [4.78, 5) is 8.75. The Hall–Kier alpha value is -3.16. The van der Waals surface area contributed by atoms with E-state index in [2.05, 4.69) is 32.3 Å². The Morgan fingerprint density at radius 1 is 1.35 bits per heavy atom. The van der Waals surface area contributed by atoms with Crippen molar-refractivity contribution in [3.63, 3.8) is 0 Å². The van der Waals surface area contributed by atoms with E-state index in [1.165, 1.54) is 6.07 Å². The van der Waals surface area contributed by atoms with Crippen LogP contribution in [0.4, 0.5) is 10.2 Å². The molecular weight excluding hydrogens is 335 g/mol. The number of rotatable bonds is 0. The second-order valence-corrected chi connectivity index (χ2v) is 6.34. The quantitative estimate of drug-likeness (QED) is 0.646.